The molecule has 0 saturated heterocycles. The van der Waals surface area contributed by atoms with E-state index >= 15 is 0 Å². The van der Waals surface area contributed by atoms with Crippen LogP contribution in [0.1, 0.15) is 28.3 Å². The molecule has 1 aromatic carbocycles. The Morgan fingerprint density at radius 1 is 1.31 bits per heavy atom. The van der Waals surface area contributed by atoms with Crippen LogP contribution in [0.5, 0.6) is 0 Å². The van der Waals surface area contributed by atoms with Crippen LogP contribution in [-0.4, -0.2) is 45.8 Å². The minimum Gasteiger partial charge on any atom is -0.374 e. The molecule has 0 fully saturated rings. The molecule has 4 rings (SSSR count). The first kappa shape index (κ1) is 16.3. The number of amides is 1. The quantitative estimate of drug-likeness (QED) is 0.781. The Morgan fingerprint density at radius 3 is 3.04 bits per heavy atom. The van der Waals surface area contributed by atoms with E-state index in [9.17, 15) is 4.79 Å². The molecule has 0 spiro atoms. The summed E-state index contributed by atoms with van der Waals surface area (Å²) in [6.07, 6.45) is 5.62. The number of nitrogens with one attached hydrogen (secondary N) is 1. The summed E-state index contributed by atoms with van der Waals surface area (Å²) in [6, 6.07) is 11.8. The van der Waals surface area contributed by atoms with Crippen LogP contribution in [0.3, 0.4) is 0 Å². The Balaban J connectivity index is 1.47. The van der Waals surface area contributed by atoms with Crippen LogP contribution in [-0.2, 0) is 0 Å². The monoisotopic (exact) mass is 348 g/mol. The number of rotatable bonds is 4. The van der Waals surface area contributed by atoms with Gasteiger partial charge in [-0.1, -0.05) is 18.2 Å². The van der Waals surface area contributed by atoms with Crippen molar-refractivity contribution in [3.05, 3.63) is 66.4 Å². The molecule has 26 heavy (non-hydrogen) atoms. The van der Waals surface area contributed by atoms with Gasteiger partial charge in [-0.15, -0.1) is 0 Å². The summed E-state index contributed by atoms with van der Waals surface area (Å²) in [7, 11) is 2.11. The van der Waals surface area contributed by atoms with Gasteiger partial charge in [-0.2, -0.15) is 5.10 Å². The Morgan fingerprint density at radius 2 is 2.19 bits per heavy atom. The van der Waals surface area contributed by atoms with E-state index < -0.39 is 0 Å². The average Bonchev–Trinajstić information content (AvgIpc) is 3.22. The van der Waals surface area contributed by atoms with Crippen molar-refractivity contribution in [1.82, 2.24) is 25.1 Å². The molecule has 0 radical (unpaired) electrons. The number of benzene rings is 1. The van der Waals surface area contributed by atoms with E-state index in [2.05, 4.69) is 56.6 Å². The minimum atomic E-state index is -0.106. The number of carbonyl (C=O) groups is 1. The van der Waals surface area contributed by atoms with E-state index in [1.807, 2.05) is 0 Å². The molecule has 0 saturated carbocycles. The molecule has 1 N–H and O–H groups in total. The van der Waals surface area contributed by atoms with Gasteiger partial charge in [0.1, 0.15) is 12.7 Å². The van der Waals surface area contributed by atoms with Gasteiger partial charge in [0.2, 0.25) is 0 Å². The highest BCUT2D eigenvalue weighted by atomic mass is 16.1. The second kappa shape index (κ2) is 6.95. The summed E-state index contributed by atoms with van der Waals surface area (Å²) < 4.78 is 1.53. The van der Waals surface area contributed by atoms with Gasteiger partial charge in [0, 0.05) is 43.5 Å². The summed E-state index contributed by atoms with van der Waals surface area (Å²) in [5.74, 6) is 0.785. The van der Waals surface area contributed by atoms with Gasteiger partial charge in [-0.05, 0) is 30.2 Å². The highest BCUT2D eigenvalue weighted by Crippen LogP contribution is 2.33. The van der Waals surface area contributed by atoms with E-state index in [4.69, 9.17) is 0 Å². The van der Waals surface area contributed by atoms with Crippen molar-refractivity contribution < 1.29 is 4.79 Å². The highest BCUT2D eigenvalue weighted by molar-refractivity contribution is 5.94. The van der Waals surface area contributed by atoms with Gasteiger partial charge in [-0.3, -0.25) is 4.79 Å². The number of aromatic nitrogens is 4. The number of anilines is 1. The molecule has 7 heteroatoms. The standard InChI is InChI=1S/C19H20N6O/c1-24-9-7-15(16-4-2-3-5-17(16)24)11-22-19(26)14-6-8-21-18(10-14)25-13-20-12-23-25/h2-6,8,10,12-13,15H,7,9,11H2,1H3,(H,22,26)/t15-/m0/s1. The fourth-order valence-electron chi connectivity index (χ4n) is 3.35. The summed E-state index contributed by atoms with van der Waals surface area (Å²) >= 11 is 0. The lowest BCUT2D eigenvalue weighted by Gasteiger charge is -2.33. The maximum atomic E-state index is 12.6. The van der Waals surface area contributed by atoms with Crippen LogP contribution in [0.4, 0.5) is 5.69 Å². The summed E-state index contributed by atoms with van der Waals surface area (Å²) in [5, 5.41) is 7.11. The normalized spacial score (nSPS) is 16.2. The molecule has 0 bridgehead atoms. The molecule has 132 valence electrons. The Labute approximate surface area is 151 Å². The largest absolute Gasteiger partial charge is 0.374 e. The maximum absolute atomic E-state index is 12.6. The number of pyridine rings is 1. The van der Waals surface area contributed by atoms with Crippen molar-refractivity contribution in [3.63, 3.8) is 0 Å². The number of carbonyl (C=O) groups excluding carboxylic acids is 1. The third kappa shape index (κ3) is 3.15. The average molecular weight is 348 g/mol. The highest BCUT2D eigenvalue weighted by Gasteiger charge is 2.23. The smallest absolute Gasteiger partial charge is 0.251 e. The number of fused-ring (bicyclic) bond motifs is 1. The number of hydrogen-bond acceptors (Lipinski definition) is 5. The van der Waals surface area contributed by atoms with E-state index in [1.165, 1.54) is 22.3 Å². The first-order valence-electron chi connectivity index (χ1n) is 8.61. The fraction of sp³-hybridized carbons (Fsp3) is 0.263. The van der Waals surface area contributed by atoms with Crippen molar-refractivity contribution in [3.8, 4) is 5.82 Å². The van der Waals surface area contributed by atoms with Crippen LogP contribution in [0.25, 0.3) is 5.82 Å². The predicted molar refractivity (Wildman–Crippen MR) is 98.6 cm³/mol. The van der Waals surface area contributed by atoms with Crippen LogP contribution in [0.2, 0.25) is 0 Å². The maximum Gasteiger partial charge on any atom is 0.251 e. The number of para-hydroxylation sites is 1. The minimum absolute atomic E-state index is 0.106. The first-order valence-corrected chi connectivity index (χ1v) is 8.61. The topological polar surface area (TPSA) is 75.9 Å². The van der Waals surface area contributed by atoms with Gasteiger partial charge in [0.25, 0.3) is 5.91 Å². The Kier molecular flexibility index (Phi) is 4.35. The van der Waals surface area contributed by atoms with E-state index in [-0.39, 0.29) is 5.91 Å². The number of hydrogen-bond donors (Lipinski definition) is 1. The van der Waals surface area contributed by atoms with Gasteiger partial charge < -0.3 is 10.2 Å². The van der Waals surface area contributed by atoms with E-state index in [0.29, 0.717) is 23.8 Å². The molecule has 1 aliphatic rings. The van der Waals surface area contributed by atoms with Crippen LogP contribution < -0.4 is 10.2 Å². The lowest BCUT2D eigenvalue weighted by molar-refractivity contribution is 0.0950. The van der Waals surface area contributed by atoms with Gasteiger partial charge >= 0.3 is 0 Å². The van der Waals surface area contributed by atoms with Gasteiger partial charge in [0.05, 0.1) is 0 Å². The predicted octanol–water partition coefficient (Wildman–Crippen LogP) is 2.02. The lowest BCUT2D eigenvalue weighted by Crippen LogP contribution is -2.34. The van der Waals surface area contributed by atoms with Crippen molar-refractivity contribution in [2.75, 3.05) is 25.0 Å². The fourth-order valence-corrected chi connectivity index (χ4v) is 3.35. The zero-order valence-corrected chi connectivity index (χ0v) is 14.5. The molecule has 1 aliphatic heterocycles. The molecule has 7 nitrogen and oxygen atoms in total. The summed E-state index contributed by atoms with van der Waals surface area (Å²) in [4.78, 5) is 23.0. The second-order valence-electron chi connectivity index (χ2n) is 6.42. The SMILES string of the molecule is CN1CC[C@@H](CNC(=O)c2ccnc(-n3cncn3)c2)c2ccccc21. The van der Waals surface area contributed by atoms with Crippen LogP contribution in [0.15, 0.2) is 55.2 Å². The van der Waals surface area contributed by atoms with E-state index in [1.54, 1.807) is 24.7 Å². The van der Waals surface area contributed by atoms with Crippen molar-refractivity contribution in [1.29, 1.82) is 0 Å². The third-order valence-electron chi connectivity index (χ3n) is 4.77. The Hall–Kier alpha value is -3.22. The van der Waals surface area contributed by atoms with Crippen molar-refractivity contribution in [2.45, 2.75) is 12.3 Å². The Bertz CT molecular complexity index is 908. The summed E-state index contributed by atoms with van der Waals surface area (Å²) in [5.41, 5.74) is 3.10. The molecular weight excluding hydrogens is 328 g/mol. The zero-order chi connectivity index (χ0) is 17.9. The van der Waals surface area contributed by atoms with E-state index in [0.717, 1.165) is 13.0 Å². The van der Waals surface area contributed by atoms with Crippen LogP contribution >= 0.6 is 0 Å². The molecule has 2 aromatic heterocycles. The molecule has 1 atom stereocenters. The first-order chi connectivity index (χ1) is 12.7. The molecule has 1 amide bonds. The molecule has 3 aromatic rings. The molecule has 0 aliphatic carbocycles. The molecule has 3 heterocycles. The molecular formula is C19H20N6O. The van der Waals surface area contributed by atoms with Gasteiger partial charge in [-0.25, -0.2) is 14.6 Å². The molecule has 0 unspecified atom stereocenters. The van der Waals surface area contributed by atoms with Crippen molar-refractivity contribution >= 4 is 11.6 Å². The zero-order valence-electron chi connectivity index (χ0n) is 14.5. The lowest BCUT2D eigenvalue weighted by atomic mass is 9.90. The summed E-state index contributed by atoms with van der Waals surface area (Å²) in [6.45, 7) is 1.61. The number of nitrogens with zero attached hydrogens (tertiary/aromatic N) is 5. The van der Waals surface area contributed by atoms with Gasteiger partial charge in [0.15, 0.2) is 5.82 Å². The van der Waals surface area contributed by atoms with Crippen LogP contribution in [0, 0.1) is 0 Å². The van der Waals surface area contributed by atoms with Crippen molar-refractivity contribution in [2.24, 2.45) is 0 Å². The third-order valence-corrected chi connectivity index (χ3v) is 4.77. The second-order valence-corrected chi connectivity index (χ2v) is 6.42.